The Morgan fingerprint density at radius 2 is 2.04 bits per heavy atom. The number of nitrogens with zero attached hydrogens (tertiary/aromatic N) is 2. The zero-order chi connectivity index (χ0) is 19.9. The van der Waals surface area contributed by atoms with Crippen LogP contribution in [-0.4, -0.2) is 33.8 Å². The summed E-state index contributed by atoms with van der Waals surface area (Å²) in [7, 11) is 0. The number of nitrogens with one attached hydrogen (secondary N) is 2. The van der Waals surface area contributed by atoms with Gasteiger partial charge in [-0.2, -0.15) is 0 Å². The highest BCUT2D eigenvalue weighted by molar-refractivity contribution is 7.99. The number of para-hydroxylation sites is 1. The van der Waals surface area contributed by atoms with Crippen molar-refractivity contribution in [1.82, 2.24) is 20.2 Å². The summed E-state index contributed by atoms with van der Waals surface area (Å²) >= 11 is 1.09. The Kier molecular flexibility index (Phi) is 6.49. The predicted octanol–water partition coefficient (Wildman–Crippen LogP) is 2.37. The van der Waals surface area contributed by atoms with Crippen molar-refractivity contribution in [3.63, 3.8) is 0 Å². The van der Waals surface area contributed by atoms with E-state index in [0.29, 0.717) is 28.4 Å². The van der Waals surface area contributed by atoms with Crippen molar-refractivity contribution in [1.29, 1.82) is 0 Å². The largest absolute Gasteiger partial charge is 0.467 e. The minimum atomic E-state index is -0.535. The van der Waals surface area contributed by atoms with Crippen molar-refractivity contribution < 1.29 is 14.0 Å². The summed E-state index contributed by atoms with van der Waals surface area (Å²) in [5.41, 5.74) is 0.331. The van der Waals surface area contributed by atoms with Gasteiger partial charge < -0.3 is 9.73 Å². The Morgan fingerprint density at radius 3 is 2.79 bits per heavy atom. The summed E-state index contributed by atoms with van der Waals surface area (Å²) in [4.78, 5) is 41.1. The van der Waals surface area contributed by atoms with Gasteiger partial charge in [0.15, 0.2) is 5.16 Å². The van der Waals surface area contributed by atoms with E-state index in [-0.39, 0.29) is 17.9 Å². The molecule has 0 aliphatic heterocycles. The van der Waals surface area contributed by atoms with Crippen LogP contribution < -0.4 is 16.2 Å². The topological polar surface area (TPSA) is 106 Å². The number of amides is 3. The number of carbonyl (C=O) groups excluding carboxylic acids is 2. The second-order valence-corrected chi connectivity index (χ2v) is 6.92. The molecule has 0 saturated carbocycles. The van der Waals surface area contributed by atoms with Crippen LogP contribution in [0.5, 0.6) is 0 Å². The maximum absolute atomic E-state index is 12.9. The van der Waals surface area contributed by atoms with E-state index >= 15 is 0 Å². The van der Waals surface area contributed by atoms with Gasteiger partial charge in [-0.05, 0) is 30.7 Å². The van der Waals surface area contributed by atoms with Gasteiger partial charge in [-0.15, -0.1) is 0 Å². The van der Waals surface area contributed by atoms with Crippen LogP contribution in [0, 0.1) is 0 Å². The molecule has 0 spiro atoms. The third-order valence-corrected chi connectivity index (χ3v) is 4.82. The van der Waals surface area contributed by atoms with Crippen LogP contribution in [-0.2, 0) is 11.3 Å². The van der Waals surface area contributed by atoms with Gasteiger partial charge in [0.2, 0.25) is 5.91 Å². The predicted molar refractivity (Wildman–Crippen MR) is 106 cm³/mol. The smallest absolute Gasteiger partial charge is 0.321 e. The van der Waals surface area contributed by atoms with Gasteiger partial charge in [-0.25, -0.2) is 9.78 Å². The van der Waals surface area contributed by atoms with Crippen molar-refractivity contribution >= 4 is 34.6 Å². The SMILES string of the molecule is CCCNC(=O)NC(=O)CSc1nc2ccccc2c(=O)n1Cc1ccco1. The van der Waals surface area contributed by atoms with E-state index in [9.17, 15) is 14.4 Å². The lowest BCUT2D eigenvalue weighted by atomic mass is 10.2. The molecule has 3 rings (SSSR count). The molecule has 2 heterocycles. The van der Waals surface area contributed by atoms with Crippen molar-refractivity contribution in [2.45, 2.75) is 25.0 Å². The maximum atomic E-state index is 12.9. The molecule has 28 heavy (non-hydrogen) atoms. The molecule has 2 aromatic heterocycles. The van der Waals surface area contributed by atoms with E-state index < -0.39 is 11.9 Å². The van der Waals surface area contributed by atoms with Crippen LogP contribution in [0.3, 0.4) is 0 Å². The van der Waals surface area contributed by atoms with Crippen LogP contribution >= 0.6 is 11.8 Å². The zero-order valence-corrected chi connectivity index (χ0v) is 16.1. The van der Waals surface area contributed by atoms with Crippen molar-refractivity contribution in [3.05, 3.63) is 58.8 Å². The summed E-state index contributed by atoms with van der Waals surface area (Å²) in [6.45, 7) is 2.60. The fourth-order valence-corrected chi connectivity index (χ4v) is 3.33. The van der Waals surface area contributed by atoms with Gasteiger partial charge in [0.25, 0.3) is 5.56 Å². The Balaban J connectivity index is 1.81. The average molecular weight is 400 g/mol. The molecule has 9 heteroatoms. The number of hydrogen-bond donors (Lipinski definition) is 2. The molecule has 3 amide bonds. The fraction of sp³-hybridized carbons (Fsp3) is 0.263. The number of fused-ring (bicyclic) bond motifs is 1. The lowest BCUT2D eigenvalue weighted by molar-refractivity contribution is -0.117. The van der Waals surface area contributed by atoms with E-state index in [1.165, 1.54) is 10.8 Å². The molecule has 0 bridgehead atoms. The van der Waals surface area contributed by atoms with Crippen LogP contribution in [0.2, 0.25) is 0 Å². The third kappa shape index (κ3) is 4.80. The fourth-order valence-electron chi connectivity index (χ4n) is 2.53. The number of benzene rings is 1. The van der Waals surface area contributed by atoms with E-state index in [1.54, 1.807) is 36.4 Å². The zero-order valence-electron chi connectivity index (χ0n) is 15.3. The van der Waals surface area contributed by atoms with Gasteiger partial charge in [0, 0.05) is 6.54 Å². The number of aromatic nitrogens is 2. The Labute approximate surface area is 165 Å². The highest BCUT2D eigenvalue weighted by Crippen LogP contribution is 2.19. The lowest BCUT2D eigenvalue weighted by Crippen LogP contribution is -2.40. The van der Waals surface area contributed by atoms with Gasteiger partial charge in [0.1, 0.15) is 5.76 Å². The van der Waals surface area contributed by atoms with Gasteiger partial charge in [-0.1, -0.05) is 30.8 Å². The summed E-state index contributed by atoms with van der Waals surface area (Å²) in [6.07, 6.45) is 2.31. The van der Waals surface area contributed by atoms with Gasteiger partial charge in [0.05, 0.1) is 29.5 Å². The maximum Gasteiger partial charge on any atom is 0.321 e. The monoisotopic (exact) mass is 400 g/mol. The molecule has 0 aliphatic rings. The van der Waals surface area contributed by atoms with Gasteiger partial charge in [-0.3, -0.25) is 19.5 Å². The van der Waals surface area contributed by atoms with Gasteiger partial charge >= 0.3 is 6.03 Å². The van der Waals surface area contributed by atoms with Crippen molar-refractivity contribution in [2.75, 3.05) is 12.3 Å². The molecule has 1 aromatic carbocycles. The minimum absolute atomic E-state index is 0.0531. The number of urea groups is 1. The molecular formula is C19H20N4O4S. The summed E-state index contributed by atoms with van der Waals surface area (Å²) in [5.74, 6) is 0.0812. The molecule has 0 unspecified atom stereocenters. The average Bonchev–Trinajstić information content (AvgIpc) is 3.20. The summed E-state index contributed by atoms with van der Waals surface area (Å²) in [5, 5.41) is 5.70. The first kappa shape index (κ1) is 19.7. The van der Waals surface area contributed by atoms with Crippen LogP contribution in [0.1, 0.15) is 19.1 Å². The number of imide groups is 1. The first-order chi connectivity index (χ1) is 13.6. The second kappa shape index (κ2) is 9.23. The van der Waals surface area contributed by atoms with E-state index in [4.69, 9.17) is 4.42 Å². The number of thioether (sulfide) groups is 1. The molecule has 8 nitrogen and oxygen atoms in total. The number of rotatable bonds is 7. The lowest BCUT2D eigenvalue weighted by Gasteiger charge is -2.12. The first-order valence-corrected chi connectivity index (χ1v) is 9.79. The standard InChI is InChI=1S/C19H20N4O4S/c1-2-9-20-18(26)22-16(24)12-28-19-21-15-8-4-3-7-14(15)17(25)23(19)11-13-6-5-10-27-13/h3-8,10H,2,9,11-12H2,1H3,(H2,20,22,24,26). The minimum Gasteiger partial charge on any atom is -0.467 e. The molecule has 0 radical (unpaired) electrons. The number of hydrogen-bond acceptors (Lipinski definition) is 6. The highest BCUT2D eigenvalue weighted by Gasteiger charge is 2.15. The Hall–Kier alpha value is -3.07. The van der Waals surface area contributed by atoms with E-state index in [0.717, 1.165) is 18.2 Å². The number of carbonyl (C=O) groups is 2. The van der Waals surface area contributed by atoms with Crippen molar-refractivity contribution in [3.8, 4) is 0 Å². The quantitative estimate of drug-likeness (QED) is 0.466. The molecule has 2 N–H and O–H groups in total. The molecule has 146 valence electrons. The third-order valence-electron chi connectivity index (χ3n) is 3.84. The molecule has 3 aromatic rings. The van der Waals surface area contributed by atoms with Crippen LogP contribution in [0.15, 0.2) is 57.0 Å². The highest BCUT2D eigenvalue weighted by atomic mass is 32.2. The molecular weight excluding hydrogens is 380 g/mol. The number of furan rings is 1. The Bertz CT molecular complexity index is 1030. The molecule has 0 saturated heterocycles. The summed E-state index contributed by atoms with van der Waals surface area (Å²) < 4.78 is 6.81. The molecule has 0 fully saturated rings. The van der Waals surface area contributed by atoms with Crippen LogP contribution in [0.4, 0.5) is 4.79 Å². The molecule has 0 atom stereocenters. The van der Waals surface area contributed by atoms with Crippen LogP contribution in [0.25, 0.3) is 10.9 Å². The summed E-state index contributed by atoms with van der Waals surface area (Å²) in [6, 6.07) is 10.00. The van der Waals surface area contributed by atoms with E-state index in [1.807, 2.05) is 6.92 Å². The van der Waals surface area contributed by atoms with E-state index in [2.05, 4.69) is 15.6 Å². The second-order valence-electron chi connectivity index (χ2n) is 5.97. The molecule has 0 aliphatic carbocycles. The normalized spacial score (nSPS) is 10.8. The Morgan fingerprint density at radius 1 is 1.21 bits per heavy atom. The first-order valence-electron chi connectivity index (χ1n) is 8.81. The van der Waals surface area contributed by atoms with Crippen molar-refractivity contribution in [2.24, 2.45) is 0 Å².